The van der Waals surface area contributed by atoms with E-state index in [0.29, 0.717) is 5.56 Å². The molecule has 1 unspecified atom stereocenters. The van der Waals surface area contributed by atoms with E-state index in [1.54, 1.807) is 19.1 Å². The summed E-state index contributed by atoms with van der Waals surface area (Å²) in [5.41, 5.74) is 1.41. The zero-order chi connectivity index (χ0) is 13.0. The lowest BCUT2D eigenvalue weighted by Crippen LogP contribution is -2.19. The van der Waals surface area contributed by atoms with Crippen molar-refractivity contribution in [1.29, 1.82) is 0 Å². The quantitative estimate of drug-likeness (QED) is 0.833. The predicted octanol–water partition coefficient (Wildman–Crippen LogP) is 3.24. The number of aliphatic hydroxyl groups is 1. The van der Waals surface area contributed by atoms with E-state index in [1.165, 1.54) is 0 Å². The molecule has 0 aliphatic heterocycles. The molecule has 0 radical (unpaired) electrons. The largest absolute Gasteiger partial charge is 0.388 e. The molecule has 0 aromatic heterocycles. The molecule has 18 heavy (non-hydrogen) atoms. The van der Waals surface area contributed by atoms with Crippen molar-refractivity contribution in [2.24, 2.45) is 5.92 Å². The molecule has 2 aromatic carbocycles. The molecule has 2 aromatic rings. The second-order valence-corrected chi connectivity index (χ2v) is 4.37. The van der Waals surface area contributed by atoms with E-state index in [2.05, 4.69) is 0 Å². The fraction of sp³-hybridized carbons (Fsp3) is 0.188. The molecule has 0 spiro atoms. The number of hydrogen-bond donors (Lipinski definition) is 1. The third-order valence-corrected chi connectivity index (χ3v) is 3.09. The fourth-order valence-corrected chi connectivity index (χ4v) is 1.95. The van der Waals surface area contributed by atoms with Crippen molar-refractivity contribution < 1.29 is 9.90 Å². The van der Waals surface area contributed by atoms with E-state index in [-0.39, 0.29) is 5.78 Å². The molecule has 0 aliphatic carbocycles. The number of rotatable bonds is 4. The van der Waals surface area contributed by atoms with Crippen molar-refractivity contribution in [3.05, 3.63) is 71.8 Å². The van der Waals surface area contributed by atoms with Gasteiger partial charge in [-0.15, -0.1) is 0 Å². The SMILES string of the molecule is C[C@@H](C(=O)c1ccccc1)C(O)c1ccccc1. The van der Waals surface area contributed by atoms with Gasteiger partial charge in [0.1, 0.15) is 0 Å². The Morgan fingerprint density at radius 1 is 0.944 bits per heavy atom. The Labute approximate surface area is 107 Å². The van der Waals surface area contributed by atoms with Crippen LogP contribution in [0, 0.1) is 5.92 Å². The number of benzene rings is 2. The van der Waals surface area contributed by atoms with Crippen LogP contribution in [0.2, 0.25) is 0 Å². The highest BCUT2D eigenvalue weighted by Gasteiger charge is 2.24. The summed E-state index contributed by atoms with van der Waals surface area (Å²) in [7, 11) is 0. The molecule has 0 fully saturated rings. The first kappa shape index (κ1) is 12.5. The van der Waals surface area contributed by atoms with E-state index >= 15 is 0 Å². The van der Waals surface area contributed by atoms with Crippen molar-refractivity contribution in [2.75, 3.05) is 0 Å². The van der Waals surface area contributed by atoms with Crippen molar-refractivity contribution in [3.8, 4) is 0 Å². The minimum atomic E-state index is -0.765. The summed E-state index contributed by atoms with van der Waals surface area (Å²) in [6.45, 7) is 1.76. The maximum absolute atomic E-state index is 12.2. The van der Waals surface area contributed by atoms with E-state index in [4.69, 9.17) is 0 Å². The van der Waals surface area contributed by atoms with Crippen LogP contribution < -0.4 is 0 Å². The standard InChI is InChI=1S/C16H16O2/c1-12(15(17)13-8-4-2-5-9-13)16(18)14-10-6-3-7-11-14/h2-12,15,17H,1H3/t12-,15?/m1/s1. The van der Waals surface area contributed by atoms with E-state index in [9.17, 15) is 9.90 Å². The molecule has 0 amide bonds. The lowest BCUT2D eigenvalue weighted by Gasteiger charge is -2.18. The van der Waals surface area contributed by atoms with Crippen LogP contribution in [0.5, 0.6) is 0 Å². The van der Waals surface area contributed by atoms with Gasteiger partial charge in [0.05, 0.1) is 6.10 Å². The Morgan fingerprint density at radius 3 is 2.00 bits per heavy atom. The fourth-order valence-electron chi connectivity index (χ4n) is 1.95. The van der Waals surface area contributed by atoms with Crippen molar-refractivity contribution >= 4 is 5.78 Å². The summed E-state index contributed by atoms with van der Waals surface area (Å²) in [5, 5.41) is 10.2. The summed E-state index contributed by atoms with van der Waals surface area (Å²) >= 11 is 0. The van der Waals surface area contributed by atoms with Crippen molar-refractivity contribution in [3.63, 3.8) is 0 Å². The lowest BCUT2D eigenvalue weighted by molar-refractivity contribution is 0.0714. The normalized spacial score (nSPS) is 13.9. The van der Waals surface area contributed by atoms with Gasteiger partial charge in [0, 0.05) is 11.5 Å². The third-order valence-electron chi connectivity index (χ3n) is 3.09. The Balaban J connectivity index is 2.17. The molecule has 2 rings (SSSR count). The molecular formula is C16H16O2. The molecule has 2 atom stereocenters. The summed E-state index contributed by atoms with van der Waals surface area (Å²) in [4.78, 5) is 12.2. The van der Waals surface area contributed by atoms with Gasteiger partial charge in [-0.3, -0.25) is 4.79 Å². The van der Waals surface area contributed by atoms with Gasteiger partial charge in [-0.25, -0.2) is 0 Å². The van der Waals surface area contributed by atoms with E-state index < -0.39 is 12.0 Å². The molecule has 0 saturated carbocycles. The predicted molar refractivity (Wildman–Crippen MR) is 71.3 cm³/mol. The van der Waals surface area contributed by atoms with Gasteiger partial charge in [0.25, 0.3) is 0 Å². The van der Waals surface area contributed by atoms with Crippen LogP contribution in [-0.2, 0) is 0 Å². The minimum absolute atomic E-state index is 0.0352. The van der Waals surface area contributed by atoms with Crippen molar-refractivity contribution in [2.45, 2.75) is 13.0 Å². The molecule has 92 valence electrons. The molecule has 0 saturated heterocycles. The van der Waals surface area contributed by atoms with Gasteiger partial charge in [-0.05, 0) is 5.56 Å². The summed E-state index contributed by atoms with van der Waals surface area (Å²) in [5.74, 6) is -0.484. The summed E-state index contributed by atoms with van der Waals surface area (Å²) in [6.07, 6.45) is -0.765. The molecular weight excluding hydrogens is 224 g/mol. The first-order valence-corrected chi connectivity index (χ1v) is 6.02. The summed E-state index contributed by atoms with van der Waals surface area (Å²) in [6, 6.07) is 18.3. The van der Waals surface area contributed by atoms with Gasteiger partial charge in [0.2, 0.25) is 0 Å². The zero-order valence-corrected chi connectivity index (χ0v) is 10.3. The molecule has 2 nitrogen and oxygen atoms in total. The second-order valence-electron chi connectivity index (χ2n) is 4.37. The molecule has 0 heterocycles. The molecule has 2 heteroatoms. The Bertz CT molecular complexity index is 505. The van der Waals surface area contributed by atoms with Crippen LogP contribution >= 0.6 is 0 Å². The zero-order valence-electron chi connectivity index (χ0n) is 10.3. The van der Waals surface area contributed by atoms with E-state index in [1.807, 2.05) is 48.5 Å². The van der Waals surface area contributed by atoms with Gasteiger partial charge in [0.15, 0.2) is 5.78 Å². The first-order chi connectivity index (χ1) is 8.70. The second kappa shape index (κ2) is 5.61. The van der Waals surface area contributed by atoms with Gasteiger partial charge in [-0.2, -0.15) is 0 Å². The van der Waals surface area contributed by atoms with Crippen LogP contribution in [-0.4, -0.2) is 10.9 Å². The highest BCUT2D eigenvalue weighted by atomic mass is 16.3. The smallest absolute Gasteiger partial charge is 0.168 e. The van der Waals surface area contributed by atoms with Crippen molar-refractivity contribution in [1.82, 2.24) is 0 Å². The number of carbonyl (C=O) groups is 1. The van der Waals surface area contributed by atoms with Crippen LogP contribution in [0.4, 0.5) is 0 Å². The third kappa shape index (κ3) is 2.66. The average Bonchev–Trinajstić information content (AvgIpc) is 2.47. The Morgan fingerprint density at radius 2 is 1.44 bits per heavy atom. The number of hydrogen-bond acceptors (Lipinski definition) is 2. The topological polar surface area (TPSA) is 37.3 Å². The highest BCUT2D eigenvalue weighted by Crippen LogP contribution is 2.24. The lowest BCUT2D eigenvalue weighted by atomic mass is 9.90. The number of aliphatic hydroxyl groups excluding tert-OH is 1. The number of carbonyl (C=O) groups excluding carboxylic acids is 1. The molecule has 0 aliphatic rings. The molecule has 0 bridgehead atoms. The van der Waals surface area contributed by atoms with E-state index in [0.717, 1.165) is 5.56 Å². The maximum atomic E-state index is 12.2. The van der Waals surface area contributed by atoms with Crippen LogP contribution in [0.25, 0.3) is 0 Å². The highest BCUT2D eigenvalue weighted by molar-refractivity contribution is 5.98. The van der Waals surface area contributed by atoms with Gasteiger partial charge >= 0.3 is 0 Å². The summed E-state index contributed by atoms with van der Waals surface area (Å²) < 4.78 is 0. The monoisotopic (exact) mass is 240 g/mol. The molecule has 1 N–H and O–H groups in total. The number of Topliss-reactive ketones (excluding diaryl/α,β-unsaturated/α-hetero) is 1. The van der Waals surface area contributed by atoms with Crippen LogP contribution in [0.3, 0.4) is 0 Å². The van der Waals surface area contributed by atoms with Gasteiger partial charge in [-0.1, -0.05) is 67.6 Å². The first-order valence-electron chi connectivity index (χ1n) is 6.02. The van der Waals surface area contributed by atoms with Crippen LogP contribution in [0.1, 0.15) is 28.9 Å². The average molecular weight is 240 g/mol. The minimum Gasteiger partial charge on any atom is -0.388 e. The maximum Gasteiger partial charge on any atom is 0.168 e. The Hall–Kier alpha value is -1.93. The van der Waals surface area contributed by atoms with Crippen LogP contribution in [0.15, 0.2) is 60.7 Å². The number of ketones is 1. The Kier molecular flexibility index (Phi) is 3.90. The van der Waals surface area contributed by atoms with Gasteiger partial charge < -0.3 is 5.11 Å².